The highest BCUT2D eigenvalue weighted by Gasteiger charge is 2.48. The van der Waals surface area contributed by atoms with Crippen LogP contribution in [-0.2, 0) is 0 Å². The normalized spacial score (nSPS) is 11.3. The molecule has 0 unspecified atom stereocenters. The number of rotatable bonds is 7. The van der Waals surface area contributed by atoms with Gasteiger partial charge in [0, 0.05) is 84.9 Å². The molecule has 0 amide bonds. The highest BCUT2D eigenvalue weighted by Crippen LogP contribution is 2.18. The van der Waals surface area contributed by atoms with Crippen LogP contribution in [0.15, 0.2) is 135 Å². The summed E-state index contributed by atoms with van der Waals surface area (Å²) in [5, 5.41) is 3.07. The lowest BCUT2D eigenvalue weighted by Crippen LogP contribution is -2.77. The molecule has 0 saturated heterocycles. The summed E-state index contributed by atoms with van der Waals surface area (Å²) in [6.45, 7) is 0. The first-order valence-electron chi connectivity index (χ1n) is 13.4. The molecule has 7 aromatic heterocycles. The van der Waals surface area contributed by atoms with E-state index in [0.29, 0.717) is 17.1 Å². The molecule has 0 aliphatic rings. The Balaban J connectivity index is 1.56. The van der Waals surface area contributed by atoms with Gasteiger partial charge in [-0.25, -0.2) is 0 Å². The van der Waals surface area contributed by atoms with E-state index in [9.17, 15) is 0 Å². The lowest BCUT2D eigenvalue weighted by Gasteiger charge is -2.30. The summed E-state index contributed by atoms with van der Waals surface area (Å²) < 4.78 is 0. The average molecular weight is 575 g/mol. The van der Waals surface area contributed by atoms with Crippen molar-refractivity contribution in [2.45, 2.75) is 0 Å². The molecule has 0 bridgehead atoms. The topological polar surface area (TPSA) is 129 Å². The fraction of sp³-hybridized carbons (Fsp3) is 0. The van der Waals surface area contributed by atoms with E-state index in [1.807, 2.05) is 54.7 Å². The van der Waals surface area contributed by atoms with Gasteiger partial charge in [0.25, 0.3) is 8.07 Å². The molecule has 0 aliphatic heterocycles. The molecule has 43 heavy (non-hydrogen) atoms. The van der Waals surface area contributed by atoms with E-state index in [0.717, 1.165) is 37.8 Å². The molecule has 11 heteroatoms. The van der Waals surface area contributed by atoms with Crippen LogP contribution in [0.2, 0.25) is 0 Å². The zero-order valence-electron chi connectivity index (χ0n) is 22.7. The van der Waals surface area contributed by atoms with Crippen LogP contribution in [0, 0.1) is 0 Å². The number of aromatic nitrogens is 10. The van der Waals surface area contributed by atoms with Crippen molar-refractivity contribution in [3.8, 4) is 33.8 Å². The van der Waals surface area contributed by atoms with Gasteiger partial charge in [0.15, 0.2) is 0 Å². The molecule has 0 N–H and O–H groups in total. The van der Waals surface area contributed by atoms with Gasteiger partial charge in [0.05, 0.1) is 51.6 Å². The van der Waals surface area contributed by atoms with Crippen molar-refractivity contribution >= 4 is 29.2 Å². The van der Waals surface area contributed by atoms with Crippen LogP contribution in [-0.4, -0.2) is 57.9 Å². The molecule has 7 heterocycles. The minimum atomic E-state index is -3.42. The van der Waals surface area contributed by atoms with Crippen molar-refractivity contribution in [2.24, 2.45) is 0 Å². The molecule has 10 nitrogen and oxygen atoms in total. The van der Waals surface area contributed by atoms with E-state index in [1.54, 1.807) is 80.6 Å². The van der Waals surface area contributed by atoms with Crippen molar-refractivity contribution in [2.75, 3.05) is 0 Å². The first-order valence-corrected chi connectivity index (χ1v) is 15.4. The van der Waals surface area contributed by atoms with Gasteiger partial charge in [0.2, 0.25) is 0 Å². The lowest BCUT2D eigenvalue weighted by molar-refractivity contribution is 1.19. The Morgan fingerprint density at radius 3 is 1.09 bits per heavy atom. The summed E-state index contributed by atoms with van der Waals surface area (Å²) in [7, 11) is -3.42. The third-order valence-corrected chi connectivity index (χ3v) is 11.3. The second kappa shape index (κ2) is 11.5. The third-order valence-electron chi connectivity index (χ3n) is 7.08. The SMILES string of the molecule is c1cncc([Si](c2cncc(-c3ccncc3)n2)(c2cncc(-c3ccncc3)n2)c2cncc(-c3ccncc3)n2)c1. The van der Waals surface area contributed by atoms with Crippen LogP contribution in [0.5, 0.6) is 0 Å². The number of nitrogens with zero attached hydrogens (tertiary/aromatic N) is 10. The van der Waals surface area contributed by atoms with Crippen LogP contribution < -0.4 is 21.1 Å². The first kappa shape index (κ1) is 26.0. The standard InChI is InChI=1S/C32H22N10Si/c1-2-26(16-36-9-1)43(30-20-37-17-27(40-30)23-3-10-33-11-4-23,31-21-38-18-28(41-31)24-5-12-34-13-6-24)32-22-39-19-29(42-32)25-7-14-35-15-8-25/h1-22H. The van der Waals surface area contributed by atoms with Crippen LogP contribution >= 0.6 is 0 Å². The number of hydrogen-bond donors (Lipinski definition) is 0. The minimum Gasteiger partial charge on any atom is -0.265 e. The summed E-state index contributed by atoms with van der Waals surface area (Å²) in [6, 6.07) is 15.4. The summed E-state index contributed by atoms with van der Waals surface area (Å²) in [5.41, 5.74) is 4.80. The number of hydrogen-bond acceptors (Lipinski definition) is 10. The zero-order valence-corrected chi connectivity index (χ0v) is 23.7. The fourth-order valence-electron chi connectivity index (χ4n) is 5.05. The smallest absolute Gasteiger partial charge is 0.251 e. The Morgan fingerprint density at radius 2 is 0.744 bits per heavy atom. The highest BCUT2D eigenvalue weighted by molar-refractivity contribution is 7.18. The number of pyridine rings is 4. The largest absolute Gasteiger partial charge is 0.265 e. The quantitative estimate of drug-likeness (QED) is 0.261. The molecular weight excluding hydrogens is 553 g/mol. The minimum absolute atomic E-state index is 0.706. The molecule has 0 aromatic carbocycles. The maximum Gasteiger partial charge on any atom is 0.251 e. The van der Waals surface area contributed by atoms with Gasteiger partial charge in [0.1, 0.15) is 0 Å². The Hall–Kier alpha value is -5.94. The van der Waals surface area contributed by atoms with Gasteiger partial charge < -0.3 is 0 Å². The second-order valence-corrected chi connectivity index (χ2v) is 13.2. The van der Waals surface area contributed by atoms with Crippen LogP contribution in [0.3, 0.4) is 0 Å². The van der Waals surface area contributed by atoms with E-state index in [4.69, 9.17) is 15.0 Å². The van der Waals surface area contributed by atoms with Gasteiger partial charge >= 0.3 is 0 Å². The molecule has 0 aliphatic carbocycles. The second-order valence-electron chi connectivity index (χ2n) is 9.57. The Morgan fingerprint density at radius 1 is 0.349 bits per heavy atom. The van der Waals surface area contributed by atoms with Crippen molar-refractivity contribution in [1.82, 2.24) is 49.8 Å². The van der Waals surface area contributed by atoms with Crippen LogP contribution in [0.1, 0.15) is 0 Å². The van der Waals surface area contributed by atoms with E-state index < -0.39 is 8.07 Å². The fourth-order valence-corrected chi connectivity index (χ4v) is 9.01. The van der Waals surface area contributed by atoms with E-state index in [2.05, 4.69) is 34.9 Å². The lowest BCUT2D eigenvalue weighted by atomic mass is 10.2. The van der Waals surface area contributed by atoms with Crippen molar-refractivity contribution in [3.05, 3.63) is 135 Å². The molecule has 0 spiro atoms. The molecule has 0 saturated carbocycles. The molecule has 0 atom stereocenters. The Bertz CT molecular complexity index is 1780. The molecular formula is C32H22N10Si. The van der Waals surface area contributed by atoms with Crippen molar-refractivity contribution in [1.29, 1.82) is 0 Å². The van der Waals surface area contributed by atoms with Crippen molar-refractivity contribution < 1.29 is 0 Å². The highest BCUT2D eigenvalue weighted by atomic mass is 28.3. The van der Waals surface area contributed by atoms with Gasteiger partial charge in [-0.1, -0.05) is 6.07 Å². The Labute approximate surface area is 247 Å². The predicted molar refractivity (Wildman–Crippen MR) is 164 cm³/mol. The first-order chi connectivity index (χ1) is 21.3. The monoisotopic (exact) mass is 574 g/mol. The van der Waals surface area contributed by atoms with Gasteiger partial charge in [-0.3, -0.25) is 49.8 Å². The predicted octanol–water partition coefficient (Wildman–Crippen LogP) is 2.01. The average Bonchev–Trinajstić information content (AvgIpc) is 3.11. The molecule has 204 valence electrons. The van der Waals surface area contributed by atoms with Gasteiger partial charge in [-0.2, -0.15) is 0 Å². The van der Waals surface area contributed by atoms with Gasteiger partial charge in [-0.05, 0) is 47.7 Å². The van der Waals surface area contributed by atoms with Crippen LogP contribution in [0.4, 0.5) is 0 Å². The van der Waals surface area contributed by atoms with E-state index in [-0.39, 0.29) is 0 Å². The summed E-state index contributed by atoms with van der Waals surface area (Å²) in [6.07, 6.45) is 24.7. The van der Waals surface area contributed by atoms with E-state index in [1.165, 1.54) is 0 Å². The van der Waals surface area contributed by atoms with Gasteiger partial charge in [-0.15, -0.1) is 0 Å². The van der Waals surface area contributed by atoms with Crippen molar-refractivity contribution in [3.63, 3.8) is 0 Å². The Kier molecular flexibility index (Phi) is 6.95. The zero-order chi connectivity index (χ0) is 28.9. The molecule has 7 aromatic rings. The maximum absolute atomic E-state index is 5.24. The maximum atomic E-state index is 5.24. The summed E-state index contributed by atoms with van der Waals surface area (Å²) in [5.74, 6) is 0. The summed E-state index contributed by atoms with van der Waals surface area (Å²) >= 11 is 0. The molecule has 0 radical (unpaired) electrons. The van der Waals surface area contributed by atoms with E-state index >= 15 is 0 Å². The molecule has 7 rings (SSSR count). The summed E-state index contributed by atoms with van der Waals surface area (Å²) in [4.78, 5) is 46.8. The molecule has 0 fully saturated rings. The third kappa shape index (κ3) is 4.93. The van der Waals surface area contributed by atoms with Crippen LogP contribution in [0.25, 0.3) is 33.8 Å².